The molecule has 1 saturated carbocycles. The predicted octanol–water partition coefficient (Wildman–Crippen LogP) is 3.16. The molecule has 3 aromatic rings. The normalized spacial score (nSPS) is 24.1. The number of aryl methyl sites for hydroxylation is 1. The smallest absolute Gasteiger partial charge is 0.341 e. The first-order chi connectivity index (χ1) is 15.4. The summed E-state index contributed by atoms with van der Waals surface area (Å²) in [5, 5.41) is 13.6. The Kier molecular flexibility index (Phi) is 4.74. The number of amides is 1. The molecule has 1 fully saturated rings. The first-order valence-electron chi connectivity index (χ1n) is 10.5. The second-order valence-electron chi connectivity index (χ2n) is 8.40. The first-order valence-corrected chi connectivity index (χ1v) is 10.5. The van der Waals surface area contributed by atoms with Crippen LogP contribution in [0.2, 0.25) is 0 Å². The zero-order chi connectivity index (χ0) is 22.3. The molecule has 2 N–H and O–H groups in total. The highest BCUT2D eigenvalue weighted by atomic mass is 16.6. The van der Waals surface area contributed by atoms with E-state index in [0.29, 0.717) is 18.4 Å². The summed E-state index contributed by atoms with van der Waals surface area (Å²) in [4.78, 5) is 37.5. The number of nitrogens with zero attached hydrogens (tertiary/aromatic N) is 3. The topological polar surface area (TPSA) is 114 Å². The van der Waals surface area contributed by atoms with Gasteiger partial charge >= 0.3 is 5.97 Å². The number of aliphatic hydroxyl groups is 1. The number of carbonyl (C=O) groups is 2. The molecule has 0 unspecified atom stereocenters. The third kappa shape index (κ3) is 3.33. The van der Waals surface area contributed by atoms with Gasteiger partial charge < -0.3 is 9.84 Å². The van der Waals surface area contributed by atoms with Crippen molar-refractivity contribution in [3.05, 3.63) is 71.8 Å². The Bertz CT molecular complexity index is 1200. The van der Waals surface area contributed by atoms with Gasteiger partial charge in [-0.1, -0.05) is 24.3 Å². The number of hydrogen-bond acceptors (Lipinski definition) is 7. The summed E-state index contributed by atoms with van der Waals surface area (Å²) in [5.74, 6) is -0.842. The number of esters is 1. The number of nitrogens with one attached hydrogen (secondary N) is 1. The molecule has 3 heterocycles. The lowest BCUT2D eigenvalue weighted by molar-refractivity contribution is -0.144. The highest BCUT2D eigenvalue weighted by Crippen LogP contribution is 2.49. The van der Waals surface area contributed by atoms with Gasteiger partial charge in [0.05, 0.1) is 5.56 Å². The SMILES string of the molecule is Cc1ccccc1-c1cnc(NC(=O)[C@]2(O)CC[C@@]3(CC2)OC(=O)c2cnccc23)nc1. The van der Waals surface area contributed by atoms with E-state index in [4.69, 9.17) is 4.74 Å². The summed E-state index contributed by atoms with van der Waals surface area (Å²) in [6, 6.07) is 9.67. The van der Waals surface area contributed by atoms with Crippen LogP contribution in [0.5, 0.6) is 0 Å². The summed E-state index contributed by atoms with van der Waals surface area (Å²) in [5.41, 5.74) is 1.78. The summed E-state index contributed by atoms with van der Waals surface area (Å²) in [6.07, 6.45) is 7.39. The minimum Gasteiger partial charge on any atom is -0.450 e. The Morgan fingerprint density at radius 2 is 1.75 bits per heavy atom. The van der Waals surface area contributed by atoms with E-state index < -0.39 is 23.1 Å². The third-order valence-corrected chi connectivity index (χ3v) is 6.46. The monoisotopic (exact) mass is 430 g/mol. The van der Waals surface area contributed by atoms with Crippen LogP contribution in [0.3, 0.4) is 0 Å². The number of pyridine rings is 1. The van der Waals surface area contributed by atoms with Crippen LogP contribution in [0.4, 0.5) is 5.95 Å². The van der Waals surface area contributed by atoms with Crippen molar-refractivity contribution in [3.63, 3.8) is 0 Å². The number of aromatic nitrogens is 3. The number of hydrogen-bond donors (Lipinski definition) is 2. The molecule has 5 rings (SSSR count). The van der Waals surface area contributed by atoms with Crippen LogP contribution < -0.4 is 5.32 Å². The minimum atomic E-state index is -1.59. The number of carbonyl (C=O) groups excluding carboxylic acids is 2. The van der Waals surface area contributed by atoms with E-state index in [1.165, 1.54) is 6.20 Å². The Morgan fingerprint density at radius 1 is 1.03 bits per heavy atom. The lowest BCUT2D eigenvalue weighted by Crippen LogP contribution is -2.49. The largest absolute Gasteiger partial charge is 0.450 e. The first kappa shape index (κ1) is 20.3. The lowest BCUT2D eigenvalue weighted by atomic mass is 9.72. The number of anilines is 1. The van der Waals surface area contributed by atoms with E-state index in [0.717, 1.165) is 22.3 Å². The summed E-state index contributed by atoms with van der Waals surface area (Å²) in [6.45, 7) is 2.01. The van der Waals surface area contributed by atoms with Crippen LogP contribution in [-0.4, -0.2) is 37.5 Å². The van der Waals surface area contributed by atoms with Gasteiger partial charge in [-0.15, -0.1) is 0 Å². The predicted molar refractivity (Wildman–Crippen MR) is 116 cm³/mol. The molecule has 8 heteroatoms. The average Bonchev–Trinajstić information content (AvgIpc) is 3.09. The van der Waals surface area contributed by atoms with Gasteiger partial charge in [-0.2, -0.15) is 0 Å². The van der Waals surface area contributed by atoms with E-state index in [-0.39, 0.29) is 18.8 Å². The molecule has 2 aromatic heterocycles. The van der Waals surface area contributed by atoms with E-state index in [9.17, 15) is 14.7 Å². The maximum absolute atomic E-state index is 12.9. The molecule has 0 bridgehead atoms. The van der Waals surface area contributed by atoms with Gasteiger partial charge in [-0.25, -0.2) is 14.8 Å². The van der Waals surface area contributed by atoms with Gasteiger partial charge in [0.1, 0.15) is 11.2 Å². The maximum atomic E-state index is 12.9. The molecule has 1 aliphatic heterocycles. The van der Waals surface area contributed by atoms with Gasteiger partial charge in [-0.05, 0) is 49.8 Å². The van der Waals surface area contributed by atoms with Crippen LogP contribution in [-0.2, 0) is 15.1 Å². The number of benzene rings is 1. The number of ether oxygens (including phenoxy) is 1. The molecule has 162 valence electrons. The molecular formula is C24H22N4O4. The summed E-state index contributed by atoms with van der Waals surface area (Å²) < 4.78 is 5.67. The Balaban J connectivity index is 1.28. The molecule has 0 radical (unpaired) electrons. The standard InChI is InChI=1S/C24H22N4O4/c1-15-4-2-3-5-17(15)16-12-26-22(27-13-16)28-21(30)23(31)7-9-24(10-8-23)19-6-11-25-14-18(19)20(29)32-24/h2-6,11-14,31H,7-10H2,1H3,(H,26,27,28,30)/t23-,24-. The van der Waals surface area contributed by atoms with Gasteiger partial charge in [0.25, 0.3) is 5.91 Å². The Morgan fingerprint density at radius 3 is 2.47 bits per heavy atom. The van der Waals surface area contributed by atoms with Gasteiger partial charge in [0, 0.05) is 35.9 Å². The number of rotatable bonds is 3. The highest BCUT2D eigenvalue weighted by Gasteiger charge is 2.53. The zero-order valence-corrected chi connectivity index (χ0v) is 17.5. The molecule has 8 nitrogen and oxygen atoms in total. The fourth-order valence-electron chi connectivity index (χ4n) is 4.55. The van der Waals surface area contributed by atoms with Crippen molar-refractivity contribution in [2.45, 2.75) is 43.8 Å². The molecule has 0 atom stereocenters. The van der Waals surface area contributed by atoms with E-state index in [2.05, 4.69) is 20.3 Å². The highest BCUT2D eigenvalue weighted by molar-refractivity contribution is 5.96. The van der Waals surface area contributed by atoms with Crippen molar-refractivity contribution >= 4 is 17.8 Å². The van der Waals surface area contributed by atoms with Crippen LogP contribution in [0.25, 0.3) is 11.1 Å². The minimum absolute atomic E-state index is 0.129. The molecule has 1 aromatic carbocycles. The lowest BCUT2D eigenvalue weighted by Gasteiger charge is -2.40. The molecule has 1 aliphatic carbocycles. The fraction of sp³-hybridized carbons (Fsp3) is 0.292. The maximum Gasteiger partial charge on any atom is 0.341 e. The van der Waals surface area contributed by atoms with Crippen LogP contribution in [0, 0.1) is 6.92 Å². The van der Waals surface area contributed by atoms with E-state index >= 15 is 0 Å². The second-order valence-corrected chi connectivity index (χ2v) is 8.40. The van der Waals surface area contributed by atoms with Crippen molar-refractivity contribution in [1.29, 1.82) is 0 Å². The van der Waals surface area contributed by atoms with Crippen molar-refractivity contribution in [2.75, 3.05) is 5.32 Å². The summed E-state index contributed by atoms with van der Waals surface area (Å²) >= 11 is 0. The molecule has 1 spiro atoms. The summed E-state index contributed by atoms with van der Waals surface area (Å²) in [7, 11) is 0. The van der Waals surface area contributed by atoms with Crippen LogP contribution in [0.15, 0.2) is 55.1 Å². The van der Waals surface area contributed by atoms with E-state index in [1.807, 2.05) is 31.2 Å². The molecule has 1 amide bonds. The molecule has 32 heavy (non-hydrogen) atoms. The van der Waals surface area contributed by atoms with Crippen LogP contribution in [0.1, 0.15) is 47.2 Å². The van der Waals surface area contributed by atoms with E-state index in [1.54, 1.807) is 24.7 Å². The van der Waals surface area contributed by atoms with Gasteiger partial charge in [0.15, 0.2) is 0 Å². The number of fused-ring (bicyclic) bond motifs is 2. The van der Waals surface area contributed by atoms with Crippen molar-refractivity contribution < 1.29 is 19.4 Å². The molecule has 2 aliphatic rings. The second kappa shape index (κ2) is 7.49. The van der Waals surface area contributed by atoms with Crippen molar-refractivity contribution in [1.82, 2.24) is 15.0 Å². The Labute approximate surface area is 184 Å². The van der Waals surface area contributed by atoms with Crippen molar-refractivity contribution in [3.8, 4) is 11.1 Å². The average molecular weight is 430 g/mol. The third-order valence-electron chi connectivity index (χ3n) is 6.46. The van der Waals surface area contributed by atoms with Crippen molar-refractivity contribution in [2.24, 2.45) is 0 Å². The molecular weight excluding hydrogens is 408 g/mol. The van der Waals surface area contributed by atoms with Gasteiger partial charge in [-0.3, -0.25) is 15.1 Å². The fourth-order valence-corrected chi connectivity index (χ4v) is 4.55. The Hall–Kier alpha value is -3.65. The van der Waals surface area contributed by atoms with Gasteiger partial charge in [0.2, 0.25) is 5.95 Å². The zero-order valence-electron chi connectivity index (χ0n) is 17.5. The van der Waals surface area contributed by atoms with Crippen LogP contribution >= 0.6 is 0 Å². The quantitative estimate of drug-likeness (QED) is 0.614. The molecule has 0 saturated heterocycles.